The second kappa shape index (κ2) is 10.1. The number of benzene rings is 2. The molecule has 4 nitrogen and oxygen atoms in total. The lowest BCUT2D eigenvalue weighted by Crippen LogP contribution is -2.47. The number of hydrogen-bond acceptors (Lipinski definition) is 3. The van der Waals surface area contributed by atoms with Crippen LogP contribution in [0.5, 0.6) is 0 Å². The summed E-state index contributed by atoms with van der Waals surface area (Å²) in [6, 6.07) is 11.4. The van der Waals surface area contributed by atoms with Crippen LogP contribution in [0.4, 0.5) is 8.78 Å². The van der Waals surface area contributed by atoms with E-state index in [0.717, 1.165) is 49.3 Å². The smallest absolute Gasteiger partial charge is 0.227 e. The van der Waals surface area contributed by atoms with Crippen molar-refractivity contribution < 1.29 is 18.7 Å². The number of aliphatic hydroxyl groups is 1. The Hall–Kier alpha value is -2.31. The lowest BCUT2D eigenvalue weighted by atomic mass is 9.74. The summed E-state index contributed by atoms with van der Waals surface area (Å²) in [7, 11) is 0. The molecule has 0 aromatic heterocycles. The fourth-order valence-corrected chi connectivity index (χ4v) is 4.45. The minimum atomic E-state index is -0.778. The van der Waals surface area contributed by atoms with E-state index in [2.05, 4.69) is 17.4 Å². The zero-order chi connectivity index (χ0) is 23.4. The van der Waals surface area contributed by atoms with Gasteiger partial charge in [-0.15, -0.1) is 0 Å². The van der Waals surface area contributed by atoms with Gasteiger partial charge in [0, 0.05) is 18.2 Å². The predicted octanol–water partition coefficient (Wildman–Crippen LogP) is 4.28. The second-order valence-corrected chi connectivity index (χ2v) is 9.38. The number of carbonyl (C=O) groups is 1. The van der Waals surface area contributed by atoms with E-state index in [1.54, 1.807) is 6.42 Å². The number of nitrogens with one attached hydrogen (secondary N) is 1. The maximum atomic E-state index is 13.4. The molecule has 0 bridgehead atoms. The maximum absolute atomic E-state index is 13.4. The van der Waals surface area contributed by atoms with Gasteiger partial charge in [0.1, 0.15) is 11.6 Å². The van der Waals surface area contributed by atoms with Gasteiger partial charge in [-0.3, -0.25) is 4.79 Å². The number of carbonyl (C=O) groups excluding carboxylic acids is 1. The number of halogens is 2. The van der Waals surface area contributed by atoms with Crippen LogP contribution in [-0.4, -0.2) is 23.7 Å². The van der Waals surface area contributed by atoms with Crippen molar-refractivity contribution >= 4 is 5.91 Å². The van der Waals surface area contributed by atoms with E-state index < -0.39 is 23.2 Å². The molecule has 1 fully saturated rings. The molecule has 2 aromatic rings. The summed E-state index contributed by atoms with van der Waals surface area (Å²) in [6.45, 7) is 3.97. The summed E-state index contributed by atoms with van der Waals surface area (Å²) >= 11 is 0. The zero-order valence-electron chi connectivity index (χ0n) is 18.8. The van der Waals surface area contributed by atoms with Crippen molar-refractivity contribution in [3.63, 3.8) is 0 Å². The number of rotatable bonds is 9. The van der Waals surface area contributed by atoms with Crippen molar-refractivity contribution in [2.45, 2.75) is 69.4 Å². The summed E-state index contributed by atoms with van der Waals surface area (Å²) in [5, 5.41) is 14.1. The third-order valence-corrected chi connectivity index (χ3v) is 6.66. The van der Waals surface area contributed by atoms with Crippen LogP contribution >= 0.6 is 0 Å². The Labute approximate surface area is 189 Å². The third-order valence-electron chi connectivity index (χ3n) is 6.66. The Kier molecular flexibility index (Phi) is 7.67. The van der Waals surface area contributed by atoms with Crippen molar-refractivity contribution in [3.8, 4) is 0 Å². The second-order valence-electron chi connectivity index (χ2n) is 9.38. The van der Waals surface area contributed by atoms with E-state index in [1.165, 1.54) is 12.1 Å². The molecule has 1 amide bonds. The van der Waals surface area contributed by atoms with Crippen molar-refractivity contribution in [3.05, 3.63) is 77.2 Å². The van der Waals surface area contributed by atoms with E-state index >= 15 is 0 Å². The first-order chi connectivity index (χ1) is 15.1. The molecule has 6 heteroatoms. The highest BCUT2D eigenvalue weighted by molar-refractivity contribution is 5.85. The summed E-state index contributed by atoms with van der Waals surface area (Å²) in [4.78, 5) is 12.0. The molecule has 1 aliphatic carbocycles. The van der Waals surface area contributed by atoms with Crippen LogP contribution in [0.3, 0.4) is 0 Å². The normalized spacial score (nSPS) is 17.2. The van der Waals surface area contributed by atoms with Crippen molar-refractivity contribution in [1.82, 2.24) is 5.32 Å². The summed E-state index contributed by atoms with van der Waals surface area (Å²) in [5.74, 6) is -1.62. The molecule has 0 saturated heterocycles. The van der Waals surface area contributed by atoms with Crippen LogP contribution in [0.1, 0.15) is 62.6 Å². The standard InChI is InChI=1S/C26H33F2N2O2/c1-25(2,24(29)32)19-7-6-8-20(15-19)26(11-4-3-5-12-26)30-17-23(31)10-9-18-13-21(27)16-22(28)14-18/h6-8,10,13-16,23,30-31H,3-5,9,11-12,17H2,1-2H3,(H2,29,32). The number of aliphatic hydroxyl groups excluding tert-OH is 1. The zero-order valence-corrected chi connectivity index (χ0v) is 18.8. The average Bonchev–Trinajstić information content (AvgIpc) is 2.76. The monoisotopic (exact) mass is 443 g/mol. The quantitative estimate of drug-likeness (QED) is 0.541. The first-order valence-electron chi connectivity index (χ1n) is 11.2. The molecule has 0 aliphatic heterocycles. The van der Waals surface area contributed by atoms with Crippen molar-refractivity contribution in [2.24, 2.45) is 5.73 Å². The Morgan fingerprint density at radius 3 is 2.44 bits per heavy atom. The molecule has 1 radical (unpaired) electrons. The molecule has 3 rings (SSSR count). The Balaban J connectivity index is 1.72. The van der Waals surface area contributed by atoms with Gasteiger partial charge in [-0.1, -0.05) is 43.5 Å². The van der Waals surface area contributed by atoms with E-state index in [-0.39, 0.29) is 17.9 Å². The Bertz CT molecular complexity index is 919. The highest BCUT2D eigenvalue weighted by Gasteiger charge is 2.35. The molecule has 2 aromatic carbocycles. The van der Waals surface area contributed by atoms with E-state index in [0.29, 0.717) is 12.1 Å². The lowest BCUT2D eigenvalue weighted by molar-refractivity contribution is -0.122. The molecule has 0 heterocycles. The Morgan fingerprint density at radius 1 is 1.16 bits per heavy atom. The molecule has 1 atom stereocenters. The number of hydrogen-bond donors (Lipinski definition) is 3. The van der Waals surface area contributed by atoms with E-state index in [4.69, 9.17) is 5.73 Å². The van der Waals surface area contributed by atoms with Gasteiger partial charge >= 0.3 is 0 Å². The van der Waals surface area contributed by atoms with Crippen LogP contribution in [0, 0.1) is 18.1 Å². The maximum Gasteiger partial charge on any atom is 0.227 e. The highest BCUT2D eigenvalue weighted by atomic mass is 19.1. The molecule has 32 heavy (non-hydrogen) atoms. The fourth-order valence-electron chi connectivity index (χ4n) is 4.45. The minimum absolute atomic E-state index is 0.271. The molecule has 4 N–H and O–H groups in total. The summed E-state index contributed by atoms with van der Waals surface area (Å²) in [6.07, 6.45) is 6.31. The van der Waals surface area contributed by atoms with Gasteiger partial charge in [-0.2, -0.15) is 0 Å². The van der Waals surface area contributed by atoms with Crippen LogP contribution in [0.15, 0.2) is 42.5 Å². The summed E-state index contributed by atoms with van der Waals surface area (Å²) < 4.78 is 26.8. The van der Waals surface area contributed by atoms with Crippen molar-refractivity contribution in [1.29, 1.82) is 0 Å². The minimum Gasteiger partial charge on any atom is -0.391 e. The van der Waals surface area contributed by atoms with E-state index in [9.17, 15) is 18.7 Å². The molecule has 1 saturated carbocycles. The van der Waals surface area contributed by atoms with Gasteiger partial charge in [0.2, 0.25) is 5.91 Å². The first-order valence-corrected chi connectivity index (χ1v) is 11.2. The van der Waals surface area contributed by atoms with Gasteiger partial charge < -0.3 is 16.2 Å². The fraction of sp³-hybridized carbons (Fsp3) is 0.462. The first kappa shape index (κ1) is 24.3. The largest absolute Gasteiger partial charge is 0.391 e. The number of amides is 1. The van der Waals surface area contributed by atoms with Crippen molar-refractivity contribution in [2.75, 3.05) is 6.54 Å². The predicted molar refractivity (Wildman–Crippen MR) is 122 cm³/mol. The number of nitrogens with two attached hydrogens (primary N) is 1. The molecule has 1 aliphatic rings. The van der Waals surface area contributed by atoms with Crippen LogP contribution in [0.25, 0.3) is 0 Å². The average molecular weight is 444 g/mol. The Morgan fingerprint density at radius 2 is 1.81 bits per heavy atom. The summed E-state index contributed by atoms with van der Waals surface area (Å²) in [5.41, 5.74) is 6.98. The van der Waals surface area contributed by atoms with Gasteiger partial charge in [0.15, 0.2) is 0 Å². The molecule has 173 valence electrons. The van der Waals surface area contributed by atoms with Gasteiger partial charge in [-0.25, -0.2) is 8.78 Å². The van der Waals surface area contributed by atoms with Crippen LogP contribution < -0.4 is 11.1 Å². The molecular formula is C26H33F2N2O2. The molecule has 0 spiro atoms. The molecular weight excluding hydrogens is 410 g/mol. The van der Waals surface area contributed by atoms with Crippen LogP contribution in [-0.2, 0) is 22.2 Å². The molecule has 1 unspecified atom stereocenters. The number of primary amides is 1. The van der Waals surface area contributed by atoms with Crippen LogP contribution in [0.2, 0.25) is 0 Å². The third kappa shape index (κ3) is 5.73. The van der Waals surface area contributed by atoms with Gasteiger partial charge in [-0.05, 0) is 68.4 Å². The highest BCUT2D eigenvalue weighted by Crippen LogP contribution is 2.38. The topological polar surface area (TPSA) is 75.4 Å². The SMILES string of the molecule is CC(C)(C(N)=O)c1cccc(C2(NCC(O)[CH]Cc3cc(F)cc(F)c3)CCCCC2)c1. The lowest BCUT2D eigenvalue weighted by Gasteiger charge is -2.40. The van der Waals surface area contributed by atoms with Gasteiger partial charge in [0.05, 0.1) is 11.5 Å². The van der Waals surface area contributed by atoms with Gasteiger partial charge in [0.25, 0.3) is 0 Å². The van der Waals surface area contributed by atoms with E-state index in [1.807, 2.05) is 26.0 Å².